The van der Waals surface area contributed by atoms with Crippen LogP contribution in [-0.2, 0) is 0 Å². The predicted molar refractivity (Wildman–Crippen MR) is 268 cm³/mol. The SMILES string of the molecule is C=CCCCC.CC.CC.CC.CCCCCCCCC(C)CC.CCCCCCCCC(CC)CC.CCCCCCCN(CCCCCC)C(C)CC. The largest absolute Gasteiger partial charge is 0.301 e. The molecular weight excluding hydrogens is 663 g/mol. The van der Waals surface area contributed by atoms with Crippen LogP contribution in [0.4, 0.5) is 0 Å². The molecule has 0 N–H and O–H groups in total. The van der Waals surface area contributed by atoms with Gasteiger partial charge >= 0.3 is 0 Å². The molecule has 342 valence electrons. The summed E-state index contributed by atoms with van der Waals surface area (Å²) in [5.74, 6) is 1.96. The van der Waals surface area contributed by atoms with Crippen molar-refractivity contribution in [1.29, 1.82) is 0 Å². The molecule has 55 heavy (non-hydrogen) atoms. The van der Waals surface area contributed by atoms with Crippen molar-refractivity contribution >= 4 is 0 Å². The van der Waals surface area contributed by atoms with E-state index in [0.717, 1.165) is 17.9 Å². The third kappa shape index (κ3) is 75.2. The Morgan fingerprint density at radius 1 is 0.382 bits per heavy atom. The van der Waals surface area contributed by atoms with Gasteiger partial charge in [0.2, 0.25) is 0 Å². The molecule has 0 radical (unpaired) electrons. The summed E-state index contributed by atoms with van der Waals surface area (Å²) in [6.45, 7) is 43.6. The Morgan fingerprint density at radius 3 is 1.02 bits per heavy atom. The van der Waals surface area contributed by atoms with E-state index in [1.807, 2.05) is 47.6 Å². The molecule has 0 bridgehead atoms. The van der Waals surface area contributed by atoms with Gasteiger partial charge in [-0.05, 0) is 57.5 Å². The van der Waals surface area contributed by atoms with Crippen molar-refractivity contribution in [2.24, 2.45) is 11.8 Å². The molecule has 0 spiro atoms. The number of nitrogens with zero attached hydrogens (tertiary/aromatic N) is 1. The van der Waals surface area contributed by atoms with E-state index in [1.54, 1.807) is 0 Å². The molecule has 0 aliphatic heterocycles. The second kappa shape index (κ2) is 74.6. The van der Waals surface area contributed by atoms with E-state index in [9.17, 15) is 0 Å². The lowest BCUT2D eigenvalue weighted by atomic mass is 9.96. The molecule has 0 rings (SSSR count). The maximum absolute atomic E-state index is 3.60. The summed E-state index contributed by atoms with van der Waals surface area (Å²) in [6.07, 6.45) is 43.9. The highest BCUT2D eigenvalue weighted by Gasteiger charge is 2.11. The van der Waals surface area contributed by atoms with Gasteiger partial charge in [-0.15, -0.1) is 6.58 Å². The summed E-state index contributed by atoms with van der Waals surface area (Å²) in [5, 5.41) is 0. The van der Waals surface area contributed by atoms with E-state index < -0.39 is 0 Å². The van der Waals surface area contributed by atoms with Crippen molar-refractivity contribution in [2.75, 3.05) is 13.1 Å². The Hall–Kier alpha value is -0.300. The molecule has 0 aromatic carbocycles. The molecule has 0 saturated carbocycles. The second-order valence-electron chi connectivity index (χ2n) is 15.5. The van der Waals surface area contributed by atoms with Gasteiger partial charge in [-0.2, -0.15) is 0 Å². The van der Waals surface area contributed by atoms with Gasteiger partial charge in [0.15, 0.2) is 0 Å². The van der Waals surface area contributed by atoms with Crippen LogP contribution >= 0.6 is 0 Å². The average Bonchev–Trinajstić information content (AvgIpc) is 3.24. The minimum Gasteiger partial charge on any atom is -0.301 e. The van der Waals surface area contributed by atoms with Gasteiger partial charge in [0.05, 0.1) is 0 Å². The van der Waals surface area contributed by atoms with Crippen molar-refractivity contribution in [3.63, 3.8) is 0 Å². The van der Waals surface area contributed by atoms with E-state index in [2.05, 4.69) is 87.6 Å². The van der Waals surface area contributed by atoms with E-state index in [1.165, 1.54) is 206 Å². The summed E-state index contributed by atoms with van der Waals surface area (Å²) in [6, 6.07) is 0.776. The maximum Gasteiger partial charge on any atom is 0.00643 e. The monoisotopic (exact) mass is 784 g/mol. The van der Waals surface area contributed by atoms with Crippen molar-refractivity contribution in [2.45, 2.75) is 316 Å². The molecule has 2 atom stereocenters. The summed E-state index contributed by atoms with van der Waals surface area (Å²) in [5.41, 5.74) is 0. The van der Waals surface area contributed by atoms with Gasteiger partial charge in [0.25, 0.3) is 0 Å². The zero-order chi connectivity index (χ0) is 43.6. The van der Waals surface area contributed by atoms with E-state index in [0.29, 0.717) is 0 Å². The molecule has 0 aromatic heterocycles. The van der Waals surface area contributed by atoms with Crippen LogP contribution < -0.4 is 0 Å². The van der Waals surface area contributed by atoms with E-state index in [-0.39, 0.29) is 0 Å². The lowest BCUT2D eigenvalue weighted by Gasteiger charge is -2.28. The van der Waals surface area contributed by atoms with Crippen LogP contribution in [0.25, 0.3) is 0 Å². The molecule has 1 nitrogen and oxygen atoms in total. The van der Waals surface area contributed by atoms with Gasteiger partial charge in [-0.25, -0.2) is 0 Å². The second-order valence-corrected chi connectivity index (χ2v) is 15.5. The zero-order valence-corrected chi connectivity index (χ0v) is 43.1. The fraction of sp³-hybridized carbons (Fsp3) is 0.963. The van der Waals surface area contributed by atoms with Crippen LogP contribution in [0.3, 0.4) is 0 Å². The average molecular weight is 785 g/mol. The quantitative estimate of drug-likeness (QED) is 0.0473. The van der Waals surface area contributed by atoms with Crippen LogP contribution in [0.15, 0.2) is 12.7 Å². The Morgan fingerprint density at radius 2 is 0.709 bits per heavy atom. The molecule has 1 heteroatoms. The van der Waals surface area contributed by atoms with Crippen molar-refractivity contribution in [3.8, 4) is 0 Å². The molecule has 2 unspecified atom stereocenters. The number of rotatable bonds is 33. The molecule has 0 aliphatic rings. The van der Waals surface area contributed by atoms with Crippen LogP contribution in [-0.4, -0.2) is 24.0 Å². The number of hydrogen-bond acceptors (Lipinski definition) is 1. The first-order valence-corrected chi connectivity index (χ1v) is 26.2. The highest BCUT2D eigenvalue weighted by atomic mass is 15.1. The summed E-state index contributed by atoms with van der Waals surface area (Å²) in [4.78, 5) is 2.72. The lowest BCUT2D eigenvalue weighted by molar-refractivity contribution is 0.195. The predicted octanol–water partition coefficient (Wildman–Crippen LogP) is 21.0. The van der Waals surface area contributed by atoms with Gasteiger partial charge in [0, 0.05) is 6.04 Å². The normalized spacial score (nSPS) is 11.0. The molecule has 0 aromatic rings. The van der Waals surface area contributed by atoms with Gasteiger partial charge in [-0.3, -0.25) is 0 Å². The molecular formula is C54H121N. The first kappa shape index (κ1) is 69.3. The zero-order valence-electron chi connectivity index (χ0n) is 43.1. The van der Waals surface area contributed by atoms with Crippen molar-refractivity contribution in [1.82, 2.24) is 4.90 Å². The van der Waals surface area contributed by atoms with Gasteiger partial charge in [0.1, 0.15) is 0 Å². The van der Waals surface area contributed by atoms with Crippen molar-refractivity contribution in [3.05, 3.63) is 12.7 Å². The van der Waals surface area contributed by atoms with E-state index in [4.69, 9.17) is 0 Å². The molecule has 0 fully saturated rings. The fourth-order valence-electron chi connectivity index (χ4n) is 6.21. The Balaban J connectivity index is -0.000000111. The first-order chi connectivity index (χ1) is 26.8. The molecule has 0 amide bonds. The highest BCUT2D eigenvalue weighted by Crippen LogP contribution is 2.18. The van der Waals surface area contributed by atoms with E-state index >= 15 is 0 Å². The third-order valence-electron chi connectivity index (χ3n) is 10.7. The Labute approximate surface area is 357 Å². The fourth-order valence-corrected chi connectivity index (χ4v) is 6.21. The summed E-state index contributed by atoms with van der Waals surface area (Å²) < 4.78 is 0. The highest BCUT2D eigenvalue weighted by molar-refractivity contribution is 4.66. The Kier molecular flexibility index (Phi) is 94.1. The van der Waals surface area contributed by atoms with Crippen LogP contribution in [0, 0.1) is 11.8 Å². The lowest BCUT2D eigenvalue weighted by Crippen LogP contribution is -2.34. The van der Waals surface area contributed by atoms with Gasteiger partial charge in [-0.1, -0.05) is 284 Å². The molecule has 0 saturated heterocycles. The van der Waals surface area contributed by atoms with Gasteiger partial charge < -0.3 is 4.90 Å². The third-order valence-corrected chi connectivity index (χ3v) is 10.7. The number of unbranched alkanes of at least 4 members (excludes halogenated alkanes) is 19. The smallest absolute Gasteiger partial charge is 0.00643 e. The summed E-state index contributed by atoms with van der Waals surface area (Å²) >= 11 is 0. The molecule has 0 aliphatic carbocycles. The van der Waals surface area contributed by atoms with Crippen LogP contribution in [0.1, 0.15) is 310 Å². The number of hydrogen-bond donors (Lipinski definition) is 0. The van der Waals surface area contributed by atoms with Crippen LogP contribution in [0.5, 0.6) is 0 Å². The number of allylic oxidation sites excluding steroid dienone is 1. The first-order valence-electron chi connectivity index (χ1n) is 26.2. The topological polar surface area (TPSA) is 3.24 Å². The van der Waals surface area contributed by atoms with Crippen LogP contribution in [0.2, 0.25) is 0 Å². The maximum atomic E-state index is 3.60. The molecule has 0 heterocycles. The summed E-state index contributed by atoms with van der Waals surface area (Å²) in [7, 11) is 0. The minimum atomic E-state index is 0.776. The van der Waals surface area contributed by atoms with Crippen molar-refractivity contribution < 1.29 is 0 Å². The standard InChI is InChI=1S/C17H37N.C13H28.C12H26.C6H12.3C2H6/c1-5-8-10-12-14-16-18(17(4)7-3)15-13-11-9-6-2;1-4-7-8-9-10-11-12-13(5-2)6-3;1-4-6-7-8-9-10-11-12(3)5-2;1-3-5-6-4-2;3*1-2/h17H,5-16H2,1-4H3;13H,4-12H2,1-3H3;12H,4-11H2,1-3H3;3H,1,4-6H2,2H3;3*1-2H3. The Bertz CT molecular complexity index is 523. The minimum absolute atomic E-state index is 0.776.